The highest BCUT2D eigenvalue weighted by Crippen LogP contribution is 2.13. The molecule has 0 spiro atoms. The van der Waals surface area contributed by atoms with Crippen LogP contribution in [-0.4, -0.2) is 30.4 Å². The molecule has 11 nitrogen and oxygen atoms in total. The fourth-order valence-corrected chi connectivity index (χ4v) is 0.851. The highest BCUT2D eigenvalue weighted by Gasteiger charge is 2.10. The minimum Gasteiger partial charge on any atom is -0.452 e. The lowest BCUT2D eigenvalue weighted by atomic mass is 10.5. The second-order valence-electron chi connectivity index (χ2n) is 2.87. The normalized spacial score (nSPS) is 9.95. The molecule has 1 aromatic rings. The Balaban J connectivity index is 2.38. The molecule has 1 rings (SSSR count). The van der Waals surface area contributed by atoms with Crippen molar-refractivity contribution in [3.05, 3.63) is 28.0 Å². The molecular weight excluding hydrogens is 262 g/mol. The van der Waals surface area contributed by atoms with Crippen molar-refractivity contribution in [3.8, 4) is 0 Å². The molecule has 1 aromatic heterocycles. The first kappa shape index (κ1) is 14.0. The summed E-state index contributed by atoms with van der Waals surface area (Å²) in [7, 11) is 1.12. The predicted molar refractivity (Wildman–Crippen MR) is 60.2 cm³/mol. The van der Waals surface area contributed by atoms with Gasteiger partial charge < -0.3 is 9.15 Å². The van der Waals surface area contributed by atoms with Crippen molar-refractivity contribution in [3.63, 3.8) is 0 Å². The summed E-state index contributed by atoms with van der Waals surface area (Å²) in [5.74, 6) is -0.369. The molecule has 0 aliphatic heterocycles. The van der Waals surface area contributed by atoms with E-state index in [2.05, 4.69) is 9.84 Å². The summed E-state index contributed by atoms with van der Waals surface area (Å²) in [5.41, 5.74) is 5.77. The topological polar surface area (TPSA) is 148 Å². The van der Waals surface area contributed by atoms with E-state index in [0.717, 1.165) is 19.4 Å². The zero-order valence-electron chi connectivity index (χ0n) is 9.58. The number of carbonyl (C=O) groups excluding carboxylic acids is 2. The number of carbonyl (C=O) groups is 2. The molecule has 0 aliphatic carbocycles. The number of furan rings is 1. The van der Waals surface area contributed by atoms with Crippen LogP contribution in [0.3, 0.4) is 0 Å². The van der Waals surface area contributed by atoms with Crippen LogP contribution >= 0.6 is 0 Å². The van der Waals surface area contributed by atoms with E-state index >= 15 is 0 Å². The third-order valence-corrected chi connectivity index (χ3v) is 1.61. The highest BCUT2D eigenvalue weighted by atomic mass is 16.6. The summed E-state index contributed by atoms with van der Waals surface area (Å²) >= 11 is 0. The van der Waals surface area contributed by atoms with E-state index in [1.165, 1.54) is 6.07 Å². The standard InChI is InChI=1S/C8H9N5O6/c1-18-8(15)12-11-7(14)10-9-4-5-2-3-6(19-5)13(16)17/h2-4H,1H3,(H,12,15)(H2,10,11,14)/b9-4+. The minimum absolute atomic E-state index is 0.0768. The highest BCUT2D eigenvalue weighted by molar-refractivity contribution is 5.80. The number of nitro groups is 1. The molecule has 1 heterocycles. The maximum atomic E-state index is 11.0. The van der Waals surface area contributed by atoms with Crippen molar-refractivity contribution < 1.29 is 23.7 Å². The van der Waals surface area contributed by atoms with E-state index in [1.807, 2.05) is 16.3 Å². The number of rotatable bonds is 3. The molecule has 0 saturated heterocycles. The number of nitrogens with zero attached hydrogens (tertiary/aromatic N) is 2. The van der Waals surface area contributed by atoms with Gasteiger partial charge in [0.25, 0.3) is 0 Å². The van der Waals surface area contributed by atoms with Crippen LogP contribution in [0.15, 0.2) is 21.7 Å². The van der Waals surface area contributed by atoms with Crippen molar-refractivity contribution in [2.75, 3.05) is 7.11 Å². The predicted octanol–water partition coefficient (Wildman–Crippen LogP) is 0.0919. The lowest BCUT2D eigenvalue weighted by molar-refractivity contribution is -0.402. The molecule has 0 unspecified atom stereocenters. The van der Waals surface area contributed by atoms with Gasteiger partial charge in [-0.1, -0.05) is 0 Å². The van der Waals surface area contributed by atoms with Gasteiger partial charge in [0.1, 0.15) is 4.92 Å². The van der Waals surface area contributed by atoms with E-state index in [-0.39, 0.29) is 5.76 Å². The smallest absolute Gasteiger partial charge is 0.433 e. The van der Waals surface area contributed by atoms with Gasteiger partial charge in [0.05, 0.1) is 19.4 Å². The molecule has 0 bridgehead atoms. The minimum atomic E-state index is -0.860. The lowest BCUT2D eigenvalue weighted by Crippen LogP contribution is -2.45. The third kappa shape index (κ3) is 4.72. The molecule has 3 N–H and O–H groups in total. The van der Waals surface area contributed by atoms with Gasteiger partial charge in [-0.05, 0) is 6.07 Å². The molecule has 0 aromatic carbocycles. The van der Waals surface area contributed by atoms with E-state index in [0.29, 0.717) is 0 Å². The largest absolute Gasteiger partial charge is 0.452 e. The fourth-order valence-electron chi connectivity index (χ4n) is 0.851. The second kappa shape index (κ2) is 6.58. The van der Waals surface area contributed by atoms with Crippen molar-refractivity contribution in [1.82, 2.24) is 16.3 Å². The van der Waals surface area contributed by atoms with Gasteiger partial charge in [0.15, 0.2) is 5.76 Å². The monoisotopic (exact) mass is 271 g/mol. The molecule has 19 heavy (non-hydrogen) atoms. The van der Waals surface area contributed by atoms with Gasteiger partial charge in [-0.3, -0.25) is 10.1 Å². The lowest BCUT2D eigenvalue weighted by Gasteiger charge is -2.03. The summed E-state index contributed by atoms with van der Waals surface area (Å²) in [6, 6.07) is 1.59. The van der Waals surface area contributed by atoms with Crippen LogP contribution in [0.5, 0.6) is 0 Å². The van der Waals surface area contributed by atoms with Crippen LogP contribution < -0.4 is 16.3 Å². The summed E-state index contributed by atoms with van der Waals surface area (Å²) in [5, 5.41) is 13.7. The average Bonchev–Trinajstić information content (AvgIpc) is 2.85. The third-order valence-electron chi connectivity index (χ3n) is 1.61. The molecule has 0 atom stereocenters. The van der Waals surface area contributed by atoms with Crippen LogP contribution in [0.25, 0.3) is 0 Å². The number of hydrogen-bond acceptors (Lipinski definition) is 7. The molecule has 102 valence electrons. The van der Waals surface area contributed by atoms with E-state index in [9.17, 15) is 19.7 Å². The Labute approximate surface area is 105 Å². The Kier molecular flexibility index (Phi) is 4.83. The van der Waals surface area contributed by atoms with E-state index < -0.39 is 22.9 Å². The number of urea groups is 1. The van der Waals surface area contributed by atoms with Gasteiger partial charge in [-0.15, -0.1) is 0 Å². The van der Waals surface area contributed by atoms with Crippen LogP contribution in [0.2, 0.25) is 0 Å². The fraction of sp³-hybridized carbons (Fsp3) is 0.125. The number of hydrazone groups is 1. The maximum absolute atomic E-state index is 11.0. The van der Waals surface area contributed by atoms with Crippen molar-refractivity contribution in [1.29, 1.82) is 0 Å². The van der Waals surface area contributed by atoms with Gasteiger partial charge in [0.2, 0.25) is 0 Å². The first-order chi connectivity index (χ1) is 9.02. The van der Waals surface area contributed by atoms with E-state index in [4.69, 9.17) is 4.42 Å². The van der Waals surface area contributed by atoms with Gasteiger partial charge >= 0.3 is 18.0 Å². The SMILES string of the molecule is COC(=O)NNC(=O)N/N=C/c1ccc([N+](=O)[O-])o1. The van der Waals surface area contributed by atoms with Gasteiger partial charge in [-0.25, -0.2) is 25.9 Å². The van der Waals surface area contributed by atoms with Crippen LogP contribution in [0.4, 0.5) is 15.5 Å². The van der Waals surface area contributed by atoms with Crippen molar-refractivity contribution in [2.24, 2.45) is 5.10 Å². The number of hydrogen-bond donors (Lipinski definition) is 3. The Morgan fingerprint density at radius 3 is 2.79 bits per heavy atom. The maximum Gasteiger partial charge on any atom is 0.433 e. The van der Waals surface area contributed by atoms with Crippen molar-refractivity contribution in [2.45, 2.75) is 0 Å². The zero-order valence-corrected chi connectivity index (χ0v) is 9.58. The molecule has 0 radical (unpaired) electrons. The van der Waals surface area contributed by atoms with Crippen LogP contribution in [-0.2, 0) is 4.74 Å². The Bertz CT molecular complexity index is 509. The molecular formula is C8H9N5O6. The number of ether oxygens (including phenoxy) is 1. The Morgan fingerprint density at radius 1 is 1.47 bits per heavy atom. The summed E-state index contributed by atoms with van der Waals surface area (Å²) < 4.78 is 8.92. The summed E-state index contributed by atoms with van der Waals surface area (Å²) in [4.78, 5) is 31.2. The number of methoxy groups -OCH3 is 1. The first-order valence-electron chi connectivity index (χ1n) is 4.70. The molecule has 0 aliphatic rings. The second-order valence-corrected chi connectivity index (χ2v) is 2.87. The van der Waals surface area contributed by atoms with Crippen LogP contribution in [0.1, 0.15) is 5.76 Å². The van der Waals surface area contributed by atoms with Gasteiger partial charge in [0, 0.05) is 0 Å². The number of nitrogens with one attached hydrogen (secondary N) is 3. The molecule has 11 heteroatoms. The average molecular weight is 271 g/mol. The summed E-state index contributed by atoms with van der Waals surface area (Å²) in [6.45, 7) is 0. The summed E-state index contributed by atoms with van der Waals surface area (Å²) in [6.07, 6.45) is 0.186. The van der Waals surface area contributed by atoms with Crippen molar-refractivity contribution >= 4 is 24.2 Å². The quantitative estimate of drug-likeness (QED) is 0.403. The number of hydrazine groups is 1. The number of amides is 3. The molecule has 3 amide bonds. The zero-order chi connectivity index (χ0) is 14.3. The first-order valence-corrected chi connectivity index (χ1v) is 4.70. The molecule has 0 fully saturated rings. The Hall–Kier alpha value is -3.11. The van der Waals surface area contributed by atoms with Crippen LogP contribution in [0, 0.1) is 10.1 Å². The molecule has 0 saturated carbocycles. The van der Waals surface area contributed by atoms with E-state index in [1.54, 1.807) is 0 Å². The van der Waals surface area contributed by atoms with Gasteiger partial charge in [-0.2, -0.15) is 5.10 Å². The Morgan fingerprint density at radius 2 is 2.21 bits per heavy atom.